The Morgan fingerprint density at radius 2 is 2.00 bits per heavy atom. The van der Waals surface area contributed by atoms with Crippen molar-refractivity contribution in [1.82, 2.24) is 19.2 Å². The molecular formula is C9H17N5O2. The van der Waals surface area contributed by atoms with Gasteiger partial charge in [0.2, 0.25) is 5.95 Å². The third kappa shape index (κ3) is 1.93. The van der Waals surface area contributed by atoms with E-state index in [-0.39, 0.29) is 0 Å². The molecule has 1 N–H and O–H groups in total. The van der Waals surface area contributed by atoms with Crippen LogP contribution in [0.1, 0.15) is 13.8 Å². The molecule has 0 bridgehead atoms. The molecule has 1 amide bonds. The molecule has 0 fully saturated rings. The number of carbonyl (C=O) groups excluding carboxylic acids is 1. The number of anilines is 1. The summed E-state index contributed by atoms with van der Waals surface area (Å²) in [6, 6.07) is -0.396. The molecule has 0 radical (unpaired) electrons. The van der Waals surface area contributed by atoms with Gasteiger partial charge in [0, 0.05) is 27.2 Å². The molecule has 0 unspecified atom stereocenters. The predicted octanol–water partition coefficient (Wildman–Crippen LogP) is -0.0666. The van der Waals surface area contributed by atoms with E-state index in [9.17, 15) is 9.59 Å². The summed E-state index contributed by atoms with van der Waals surface area (Å²) in [4.78, 5) is 25.1. The Bertz CT molecular complexity index is 430. The number of aromatic nitrogens is 3. The Morgan fingerprint density at radius 3 is 2.38 bits per heavy atom. The highest BCUT2D eigenvalue weighted by Gasteiger charge is 2.19. The Hall–Kier alpha value is -1.79. The molecule has 0 aliphatic rings. The zero-order valence-electron chi connectivity index (χ0n) is 10.0. The third-order valence-corrected chi connectivity index (χ3v) is 2.42. The topological polar surface area (TPSA) is 72.2 Å². The number of hydrogen-bond acceptors (Lipinski definition) is 4. The molecule has 0 spiro atoms. The van der Waals surface area contributed by atoms with E-state index in [0.29, 0.717) is 19.0 Å². The Kier molecular flexibility index (Phi) is 3.70. The summed E-state index contributed by atoms with van der Waals surface area (Å²) in [7, 11) is 3.21. The smallest absolute Gasteiger partial charge is 0.355 e. The minimum Gasteiger partial charge on any atom is -0.357 e. The van der Waals surface area contributed by atoms with Gasteiger partial charge >= 0.3 is 11.7 Å². The summed E-state index contributed by atoms with van der Waals surface area (Å²) in [5.41, 5.74) is -0.443. The lowest BCUT2D eigenvalue weighted by Crippen LogP contribution is -2.40. The molecule has 0 aromatic carbocycles. The summed E-state index contributed by atoms with van der Waals surface area (Å²) >= 11 is 0. The Labute approximate surface area is 93.7 Å². The van der Waals surface area contributed by atoms with E-state index >= 15 is 0 Å². The minimum atomic E-state index is -0.443. The van der Waals surface area contributed by atoms with Gasteiger partial charge in [-0.25, -0.2) is 9.59 Å². The summed E-state index contributed by atoms with van der Waals surface area (Å²) in [5.74, 6) is 0.366. The Balaban J connectivity index is 3.14. The lowest BCUT2D eigenvalue weighted by Gasteiger charge is -2.16. The van der Waals surface area contributed by atoms with Gasteiger partial charge in [-0.15, -0.1) is 9.78 Å². The molecule has 0 atom stereocenters. The first kappa shape index (κ1) is 12.3. The van der Waals surface area contributed by atoms with Gasteiger partial charge in [-0.1, -0.05) is 0 Å². The van der Waals surface area contributed by atoms with Crippen molar-refractivity contribution in [1.29, 1.82) is 0 Å². The zero-order chi connectivity index (χ0) is 12.3. The quantitative estimate of drug-likeness (QED) is 0.784. The first-order chi connectivity index (χ1) is 7.56. The van der Waals surface area contributed by atoms with Gasteiger partial charge in [0.05, 0.1) is 0 Å². The molecule has 90 valence electrons. The van der Waals surface area contributed by atoms with E-state index in [2.05, 4.69) is 10.4 Å². The number of amides is 1. The van der Waals surface area contributed by atoms with Gasteiger partial charge in [0.25, 0.3) is 0 Å². The highest BCUT2D eigenvalue weighted by atomic mass is 16.2. The summed E-state index contributed by atoms with van der Waals surface area (Å²) in [6.45, 7) is 4.81. The molecule has 0 saturated carbocycles. The van der Waals surface area contributed by atoms with Crippen LogP contribution in [0.4, 0.5) is 10.7 Å². The highest BCUT2D eigenvalue weighted by Crippen LogP contribution is 1.98. The molecule has 16 heavy (non-hydrogen) atoms. The van der Waals surface area contributed by atoms with Crippen molar-refractivity contribution < 1.29 is 4.79 Å². The monoisotopic (exact) mass is 227 g/mol. The Morgan fingerprint density at radius 1 is 1.44 bits per heavy atom. The number of nitrogens with zero attached hydrogens (tertiary/aromatic N) is 4. The number of hydrogen-bond donors (Lipinski definition) is 1. The van der Waals surface area contributed by atoms with Crippen LogP contribution in [0.2, 0.25) is 0 Å². The van der Waals surface area contributed by atoms with E-state index in [1.165, 1.54) is 9.47 Å². The highest BCUT2D eigenvalue weighted by molar-refractivity contribution is 5.75. The second kappa shape index (κ2) is 4.82. The van der Waals surface area contributed by atoms with Crippen molar-refractivity contribution >= 4 is 12.0 Å². The van der Waals surface area contributed by atoms with Crippen LogP contribution in [0, 0.1) is 0 Å². The molecule has 7 nitrogen and oxygen atoms in total. The molecule has 1 heterocycles. The second-order valence-corrected chi connectivity index (χ2v) is 3.28. The number of rotatable bonds is 3. The van der Waals surface area contributed by atoms with E-state index < -0.39 is 11.7 Å². The van der Waals surface area contributed by atoms with Crippen LogP contribution in [-0.4, -0.2) is 45.4 Å². The SMILES string of the molecule is CCN(CC)C(=O)n1nc(NC)n(C)c1=O. The van der Waals surface area contributed by atoms with Crippen LogP contribution in [-0.2, 0) is 7.05 Å². The first-order valence-electron chi connectivity index (χ1n) is 5.19. The van der Waals surface area contributed by atoms with Gasteiger partial charge in [-0.2, -0.15) is 0 Å². The predicted molar refractivity (Wildman–Crippen MR) is 60.7 cm³/mol. The molecule has 1 aromatic rings. The maximum absolute atomic E-state index is 11.9. The van der Waals surface area contributed by atoms with Crippen molar-refractivity contribution in [2.24, 2.45) is 7.05 Å². The number of carbonyl (C=O) groups is 1. The van der Waals surface area contributed by atoms with Gasteiger partial charge in [-0.3, -0.25) is 4.57 Å². The van der Waals surface area contributed by atoms with E-state index in [1.54, 1.807) is 14.1 Å². The molecule has 0 aliphatic heterocycles. The van der Waals surface area contributed by atoms with Crippen LogP contribution in [0.15, 0.2) is 4.79 Å². The minimum absolute atomic E-state index is 0.366. The molecule has 1 rings (SSSR count). The van der Waals surface area contributed by atoms with Gasteiger partial charge in [0.15, 0.2) is 0 Å². The average molecular weight is 227 g/mol. The van der Waals surface area contributed by atoms with E-state index in [4.69, 9.17) is 0 Å². The van der Waals surface area contributed by atoms with Crippen molar-refractivity contribution in [3.05, 3.63) is 10.5 Å². The standard InChI is InChI=1S/C9H17N5O2/c1-5-13(6-2)9(16)14-8(15)12(4)7(10-3)11-14/h5-6H2,1-4H3,(H,10,11). The van der Waals surface area contributed by atoms with Crippen molar-refractivity contribution in [2.45, 2.75) is 13.8 Å². The molecule has 7 heteroatoms. The van der Waals surface area contributed by atoms with Gasteiger partial charge in [0.1, 0.15) is 0 Å². The van der Waals surface area contributed by atoms with Crippen LogP contribution in [0.5, 0.6) is 0 Å². The van der Waals surface area contributed by atoms with Gasteiger partial charge < -0.3 is 10.2 Å². The van der Waals surface area contributed by atoms with Crippen molar-refractivity contribution in [3.63, 3.8) is 0 Å². The zero-order valence-corrected chi connectivity index (χ0v) is 10.0. The van der Waals surface area contributed by atoms with E-state index in [0.717, 1.165) is 4.68 Å². The molecular weight excluding hydrogens is 210 g/mol. The summed E-state index contributed by atoms with van der Waals surface area (Å²) in [6.07, 6.45) is 0. The molecule has 0 saturated heterocycles. The third-order valence-electron chi connectivity index (χ3n) is 2.42. The lowest BCUT2D eigenvalue weighted by molar-refractivity contribution is 0.200. The maximum atomic E-state index is 11.9. The fraction of sp³-hybridized carbons (Fsp3) is 0.667. The van der Waals surface area contributed by atoms with Crippen molar-refractivity contribution in [3.8, 4) is 0 Å². The molecule has 1 aromatic heterocycles. The summed E-state index contributed by atoms with van der Waals surface area (Å²) < 4.78 is 2.17. The van der Waals surface area contributed by atoms with Crippen LogP contribution < -0.4 is 11.0 Å². The fourth-order valence-electron chi connectivity index (χ4n) is 1.41. The molecule has 0 aliphatic carbocycles. The van der Waals surface area contributed by atoms with Crippen molar-refractivity contribution in [2.75, 3.05) is 25.5 Å². The second-order valence-electron chi connectivity index (χ2n) is 3.28. The average Bonchev–Trinajstić information content (AvgIpc) is 2.57. The summed E-state index contributed by atoms with van der Waals surface area (Å²) in [5, 5.41) is 6.66. The lowest BCUT2D eigenvalue weighted by atomic mass is 10.5. The maximum Gasteiger partial charge on any atom is 0.355 e. The normalized spacial score (nSPS) is 10.2. The van der Waals surface area contributed by atoms with Gasteiger partial charge in [-0.05, 0) is 13.8 Å². The van der Waals surface area contributed by atoms with E-state index in [1.807, 2.05) is 13.8 Å². The number of nitrogens with one attached hydrogen (secondary N) is 1. The largest absolute Gasteiger partial charge is 0.357 e. The van der Waals surface area contributed by atoms with Crippen LogP contribution in [0.3, 0.4) is 0 Å². The van der Waals surface area contributed by atoms with Crippen LogP contribution >= 0.6 is 0 Å². The first-order valence-corrected chi connectivity index (χ1v) is 5.19. The van der Waals surface area contributed by atoms with Crippen LogP contribution in [0.25, 0.3) is 0 Å². The fourth-order valence-corrected chi connectivity index (χ4v) is 1.41.